The van der Waals surface area contributed by atoms with E-state index >= 15 is 0 Å². The molecular formula is C20H22N4O2. The average Bonchev–Trinajstić information content (AvgIpc) is 2.69. The highest BCUT2D eigenvalue weighted by atomic mass is 16.5. The summed E-state index contributed by atoms with van der Waals surface area (Å²) in [4.78, 5) is 21.7. The van der Waals surface area contributed by atoms with Gasteiger partial charge in [-0.15, -0.1) is 0 Å². The molecule has 0 N–H and O–H groups in total. The van der Waals surface area contributed by atoms with E-state index in [0.717, 1.165) is 49.0 Å². The third-order valence-corrected chi connectivity index (χ3v) is 4.91. The molecule has 3 heterocycles. The van der Waals surface area contributed by atoms with Crippen LogP contribution in [0.25, 0.3) is 5.65 Å². The number of hydrogen-bond donors (Lipinski definition) is 0. The van der Waals surface area contributed by atoms with E-state index < -0.39 is 0 Å². The summed E-state index contributed by atoms with van der Waals surface area (Å²) in [6.45, 7) is 5.43. The molecule has 6 heteroatoms. The van der Waals surface area contributed by atoms with Crippen molar-refractivity contribution >= 4 is 17.2 Å². The highest BCUT2D eigenvalue weighted by Crippen LogP contribution is 2.22. The number of rotatable bonds is 3. The molecule has 0 spiro atoms. The van der Waals surface area contributed by atoms with Crippen LogP contribution in [0.15, 0.2) is 53.5 Å². The molecule has 1 aromatic carbocycles. The molecule has 0 bridgehead atoms. The minimum absolute atomic E-state index is 0.0358. The molecule has 0 radical (unpaired) electrons. The van der Waals surface area contributed by atoms with Crippen molar-refractivity contribution in [3.63, 3.8) is 0 Å². The second-order valence-corrected chi connectivity index (χ2v) is 6.51. The highest BCUT2D eigenvalue weighted by molar-refractivity contribution is 5.55. The fraction of sp³-hybridized carbons (Fsp3) is 0.300. The Balaban J connectivity index is 1.53. The van der Waals surface area contributed by atoms with Gasteiger partial charge in [0.1, 0.15) is 17.2 Å². The lowest BCUT2D eigenvalue weighted by molar-refractivity contribution is 0.415. The number of nitrogens with zero attached hydrogens (tertiary/aromatic N) is 4. The first-order valence-electron chi connectivity index (χ1n) is 8.79. The molecule has 0 saturated carbocycles. The molecule has 0 amide bonds. The topological polar surface area (TPSA) is 50.1 Å². The van der Waals surface area contributed by atoms with Gasteiger partial charge >= 0.3 is 0 Å². The number of aryl methyl sites for hydroxylation is 1. The van der Waals surface area contributed by atoms with Gasteiger partial charge in [-0.2, -0.15) is 0 Å². The van der Waals surface area contributed by atoms with Gasteiger partial charge < -0.3 is 14.5 Å². The number of fused-ring (bicyclic) bond motifs is 1. The number of anilines is 2. The number of piperazine rings is 1. The number of pyridine rings is 1. The third-order valence-electron chi connectivity index (χ3n) is 4.91. The fourth-order valence-electron chi connectivity index (χ4n) is 3.40. The Kier molecular flexibility index (Phi) is 4.24. The van der Waals surface area contributed by atoms with Gasteiger partial charge in [0.25, 0.3) is 5.56 Å². The summed E-state index contributed by atoms with van der Waals surface area (Å²) in [6, 6.07) is 13.6. The monoisotopic (exact) mass is 350 g/mol. The van der Waals surface area contributed by atoms with Crippen molar-refractivity contribution in [3.8, 4) is 5.75 Å². The summed E-state index contributed by atoms with van der Waals surface area (Å²) in [7, 11) is 1.68. The van der Waals surface area contributed by atoms with E-state index in [2.05, 4.69) is 21.9 Å². The zero-order chi connectivity index (χ0) is 18.1. The first-order chi connectivity index (χ1) is 12.7. The maximum atomic E-state index is 12.4. The predicted molar refractivity (Wildman–Crippen MR) is 104 cm³/mol. The van der Waals surface area contributed by atoms with E-state index in [1.54, 1.807) is 23.8 Å². The van der Waals surface area contributed by atoms with Crippen LogP contribution in [-0.4, -0.2) is 42.7 Å². The molecule has 1 saturated heterocycles. The normalized spacial score (nSPS) is 14.7. The van der Waals surface area contributed by atoms with Crippen LogP contribution in [0, 0.1) is 6.92 Å². The van der Waals surface area contributed by atoms with Gasteiger partial charge in [-0.1, -0.05) is 6.07 Å². The Hall–Kier alpha value is -3.02. The van der Waals surface area contributed by atoms with Crippen LogP contribution in [-0.2, 0) is 0 Å². The number of methoxy groups -OCH3 is 1. The van der Waals surface area contributed by atoms with Crippen molar-refractivity contribution in [2.75, 3.05) is 43.1 Å². The third kappa shape index (κ3) is 2.98. The van der Waals surface area contributed by atoms with E-state index in [0.29, 0.717) is 0 Å². The first kappa shape index (κ1) is 16.4. The van der Waals surface area contributed by atoms with Crippen LogP contribution in [0.2, 0.25) is 0 Å². The smallest absolute Gasteiger partial charge is 0.259 e. The lowest BCUT2D eigenvalue weighted by Gasteiger charge is -2.36. The second-order valence-electron chi connectivity index (χ2n) is 6.51. The molecule has 0 unspecified atom stereocenters. The Bertz CT molecular complexity index is 973. The Morgan fingerprint density at radius 2 is 1.69 bits per heavy atom. The van der Waals surface area contributed by atoms with Crippen LogP contribution in [0.1, 0.15) is 5.56 Å². The Morgan fingerprint density at radius 1 is 1.00 bits per heavy atom. The zero-order valence-corrected chi connectivity index (χ0v) is 15.1. The lowest BCUT2D eigenvalue weighted by atomic mass is 10.2. The van der Waals surface area contributed by atoms with Crippen molar-refractivity contribution in [2.24, 2.45) is 0 Å². The van der Waals surface area contributed by atoms with E-state index in [-0.39, 0.29) is 5.56 Å². The quantitative estimate of drug-likeness (QED) is 0.726. The molecule has 6 nitrogen and oxygen atoms in total. The van der Waals surface area contributed by atoms with E-state index in [1.165, 1.54) is 5.69 Å². The predicted octanol–water partition coefficient (Wildman–Crippen LogP) is 2.34. The molecule has 1 aliphatic heterocycles. The number of hydrogen-bond acceptors (Lipinski definition) is 5. The lowest BCUT2D eigenvalue weighted by Crippen LogP contribution is -2.47. The van der Waals surface area contributed by atoms with Gasteiger partial charge in [0.15, 0.2) is 0 Å². The zero-order valence-electron chi connectivity index (χ0n) is 15.1. The Labute approximate surface area is 152 Å². The highest BCUT2D eigenvalue weighted by Gasteiger charge is 2.19. The maximum Gasteiger partial charge on any atom is 0.259 e. The number of aromatic nitrogens is 2. The van der Waals surface area contributed by atoms with Crippen molar-refractivity contribution < 1.29 is 4.74 Å². The van der Waals surface area contributed by atoms with Crippen LogP contribution in [0.5, 0.6) is 5.75 Å². The molecule has 2 aromatic heterocycles. The van der Waals surface area contributed by atoms with Crippen molar-refractivity contribution in [1.29, 1.82) is 0 Å². The molecule has 3 aromatic rings. The molecule has 1 fully saturated rings. The Morgan fingerprint density at radius 3 is 2.38 bits per heavy atom. The number of benzene rings is 1. The molecule has 134 valence electrons. The van der Waals surface area contributed by atoms with E-state index in [4.69, 9.17) is 9.72 Å². The molecule has 26 heavy (non-hydrogen) atoms. The SMILES string of the molecule is COc1ccc(N2CCN(c3cc(=O)n4cccc(C)c4n3)CC2)cc1. The molecule has 4 rings (SSSR count). The summed E-state index contributed by atoms with van der Waals surface area (Å²) in [5, 5.41) is 0. The standard InChI is InChI=1S/C20H22N4O2/c1-15-4-3-9-24-19(25)14-18(21-20(15)24)23-12-10-22(11-13-23)16-5-7-17(26-2)8-6-16/h3-9,14H,10-13H2,1-2H3. The van der Waals surface area contributed by atoms with Crippen LogP contribution in [0.3, 0.4) is 0 Å². The molecule has 1 aliphatic rings. The van der Waals surface area contributed by atoms with E-state index in [9.17, 15) is 4.79 Å². The van der Waals surface area contributed by atoms with Crippen LogP contribution >= 0.6 is 0 Å². The second kappa shape index (κ2) is 6.71. The molecule has 0 atom stereocenters. The summed E-state index contributed by atoms with van der Waals surface area (Å²) < 4.78 is 6.82. The largest absolute Gasteiger partial charge is 0.497 e. The summed E-state index contributed by atoms with van der Waals surface area (Å²) in [5.74, 6) is 1.63. The van der Waals surface area contributed by atoms with Gasteiger partial charge in [-0.3, -0.25) is 9.20 Å². The van der Waals surface area contributed by atoms with Gasteiger partial charge in [-0.05, 0) is 42.8 Å². The van der Waals surface area contributed by atoms with Gasteiger partial charge in [0.2, 0.25) is 0 Å². The molecular weight excluding hydrogens is 328 g/mol. The maximum absolute atomic E-state index is 12.4. The van der Waals surface area contributed by atoms with Gasteiger partial charge in [0.05, 0.1) is 7.11 Å². The summed E-state index contributed by atoms with van der Waals surface area (Å²) in [5.41, 5.74) is 2.88. The van der Waals surface area contributed by atoms with E-state index in [1.807, 2.05) is 31.2 Å². The first-order valence-corrected chi connectivity index (χ1v) is 8.79. The molecule has 0 aliphatic carbocycles. The number of ether oxygens (including phenoxy) is 1. The van der Waals surface area contributed by atoms with Crippen LogP contribution in [0.4, 0.5) is 11.5 Å². The van der Waals surface area contributed by atoms with Crippen molar-refractivity contribution in [3.05, 3.63) is 64.6 Å². The minimum atomic E-state index is -0.0358. The van der Waals surface area contributed by atoms with Gasteiger partial charge in [0, 0.05) is 44.1 Å². The average molecular weight is 350 g/mol. The fourth-order valence-corrected chi connectivity index (χ4v) is 3.40. The summed E-state index contributed by atoms with van der Waals surface area (Å²) >= 11 is 0. The van der Waals surface area contributed by atoms with Crippen molar-refractivity contribution in [1.82, 2.24) is 9.38 Å². The minimum Gasteiger partial charge on any atom is -0.497 e. The van der Waals surface area contributed by atoms with Gasteiger partial charge in [-0.25, -0.2) is 4.98 Å². The van der Waals surface area contributed by atoms with Crippen LogP contribution < -0.4 is 20.1 Å². The van der Waals surface area contributed by atoms with Crippen molar-refractivity contribution in [2.45, 2.75) is 6.92 Å². The summed E-state index contributed by atoms with van der Waals surface area (Å²) in [6.07, 6.45) is 1.77.